The minimum atomic E-state index is -4.79. The maximum Gasteiger partial charge on any atom is 0.446 e. The molecule has 0 atom stereocenters. The van der Waals surface area contributed by atoms with Crippen molar-refractivity contribution < 1.29 is 31.5 Å². The first kappa shape index (κ1) is 27.0. The highest BCUT2D eigenvalue weighted by atomic mass is 35.5. The fraction of sp³-hybridized carbons (Fsp3) is 0.200. The number of nitrogens with zero attached hydrogens (tertiary/aromatic N) is 3. The summed E-state index contributed by atoms with van der Waals surface area (Å²) in [4.78, 5) is 3.58. The van der Waals surface area contributed by atoms with E-state index >= 15 is 0 Å². The van der Waals surface area contributed by atoms with Crippen LogP contribution in [0.1, 0.15) is 16.8 Å². The number of nitrogens with one attached hydrogen (secondary N) is 2. The molecule has 3 rings (SSSR count). The molecule has 0 saturated heterocycles. The van der Waals surface area contributed by atoms with Crippen LogP contribution < -0.4 is 10.8 Å². The van der Waals surface area contributed by atoms with Crippen LogP contribution in [0.3, 0.4) is 0 Å². The van der Waals surface area contributed by atoms with Gasteiger partial charge in [-0.15, -0.1) is 0 Å². The van der Waals surface area contributed by atoms with Crippen LogP contribution in [0, 0.1) is 0 Å². The Morgan fingerprint density at radius 2 is 1.69 bits per heavy atom. The third-order valence-electron chi connectivity index (χ3n) is 4.45. The van der Waals surface area contributed by atoms with Crippen molar-refractivity contribution in [3.63, 3.8) is 0 Å². The second kappa shape index (κ2) is 10.6. The van der Waals surface area contributed by atoms with E-state index in [1.54, 1.807) is 35.8 Å². The average molecular weight is 558 g/mol. The third-order valence-corrected chi connectivity index (χ3v) is 5.84. The van der Waals surface area contributed by atoms with Gasteiger partial charge in [0, 0.05) is 7.05 Å². The van der Waals surface area contributed by atoms with E-state index in [1.807, 2.05) is 0 Å². The van der Waals surface area contributed by atoms with Gasteiger partial charge >= 0.3 is 11.7 Å². The molecule has 6 nitrogen and oxygen atoms in total. The first-order valence-electron chi connectivity index (χ1n) is 9.47. The largest absolute Gasteiger partial charge is 0.446 e. The Hall–Kier alpha value is -2.61. The van der Waals surface area contributed by atoms with E-state index in [1.165, 1.54) is 7.05 Å². The Balaban J connectivity index is 2.22. The summed E-state index contributed by atoms with van der Waals surface area (Å²) in [5.41, 5.74) is -4.26. The molecule has 0 amide bonds. The number of hydroxylamine groups is 1. The molecule has 15 heteroatoms. The van der Waals surface area contributed by atoms with Gasteiger partial charge in [-0.3, -0.25) is 15.7 Å². The zero-order valence-corrected chi connectivity index (χ0v) is 19.8. The molecule has 0 aliphatic heterocycles. The maximum absolute atomic E-state index is 13.4. The lowest BCUT2D eigenvalue weighted by molar-refractivity contribution is -0.137. The summed E-state index contributed by atoms with van der Waals surface area (Å²) in [6.07, 6.45) is -4.76. The predicted octanol–water partition coefficient (Wildman–Crippen LogP) is 6.78. The van der Waals surface area contributed by atoms with Crippen LogP contribution in [0.5, 0.6) is 0 Å². The Bertz CT molecular complexity index is 1210. The molecule has 2 aromatic carbocycles. The first-order chi connectivity index (χ1) is 16.4. The van der Waals surface area contributed by atoms with Gasteiger partial charge in [0.2, 0.25) is 0 Å². The third kappa shape index (κ3) is 6.34. The van der Waals surface area contributed by atoms with Crippen molar-refractivity contribution in [2.24, 2.45) is 4.99 Å². The van der Waals surface area contributed by atoms with E-state index in [2.05, 4.69) is 15.4 Å². The number of anilines is 1. The van der Waals surface area contributed by atoms with E-state index in [-0.39, 0.29) is 18.1 Å². The van der Waals surface area contributed by atoms with Crippen molar-refractivity contribution >= 4 is 46.6 Å². The molecule has 0 spiro atoms. The lowest BCUT2D eigenvalue weighted by atomic mass is 10.2. The van der Waals surface area contributed by atoms with E-state index in [0.29, 0.717) is 17.7 Å². The monoisotopic (exact) mass is 557 g/mol. The molecule has 1 heterocycles. The van der Waals surface area contributed by atoms with Crippen LogP contribution in [0.2, 0.25) is 10.0 Å². The van der Waals surface area contributed by atoms with Crippen LogP contribution >= 0.6 is 35.0 Å². The minimum Gasteiger partial charge on any atom is -0.372 e. The van der Waals surface area contributed by atoms with Crippen LogP contribution in [0.25, 0.3) is 5.69 Å². The molecule has 1 aromatic heterocycles. The first-order valence-corrected chi connectivity index (χ1v) is 11.0. The molecule has 0 aliphatic rings. The van der Waals surface area contributed by atoms with Crippen molar-refractivity contribution in [3.8, 4) is 5.69 Å². The molecule has 0 bridgehead atoms. The van der Waals surface area contributed by atoms with Crippen LogP contribution in [-0.2, 0) is 12.7 Å². The summed E-state index contributed by atoms with van der Waals surface area (Å²) in [7, 11) is 1.27. The van der Waals surface area contributed by atoms with Crippen molar-refractivity contribution in [2.45, 2.75) is 23.1 Å². The van der Waals surface area contributed by atoms with Gasteiger partial charge in [0.1, 0.15) is 17.2 Å². The average Bonchev–Trinajstić information content (AvgIpc) is 3.09. The van der Waals surface area contributed by atoms with Gasteiger partial charge in [-0.05, 0) is 29.5 Å². The second-order valence-corrected chi connectivity index (χ2v) is 8.67. The summed E-state index contributed by atoms with van der Waals surface area (Å²) in [6, 6.07) is 9.79. The standard InChI is InChI=1S/C20H15Cl2F6N5OS/c1-29-18-16(35-20(26,27)28)14(17(32-34)30-9-10-5-3-2-4-6-10)31-33(18)15-12(21)7-11(8-13(15)22)19(23,24)25/h2-8,29,34H,9H2,1H3,(H,30,32). The number of hydrogen-bond acceptors (Lipinski definition) is 5. The Kier molecular flexibility index (Phi) is 8.14. The van der Waals surface area contributed by atoms with E-state index in [0.717, 1.165) is 4.68 Å². The predicted molar refractivity (Wildman–Crippen MR) is 122 cm³/mol. The fourth-order valence-corrected chi connectivity index (χ4v) is 4.40. The highest BCUT2D eigenvalue weighted by molar-refractivity contribution is 8.00. The van der Waals surface area contributed by atoms with Gasteiger partial charge in [-0.1, -0.05) is 53.5 Å². The van der Waals surface area contributed by atoms with Gasteiger partial charge in [-0.25, -0.2) is 4.68 Å². The van der Waals surface area contributed by atoms with Gasteiger partial charge in [0.25, 0.3) is 0 Å². The van der Waals surface area contributed by atoms with Gasteiger partial charge in [-0.2, -0.15) is 31.4 Å². The Labute approximate surface area is 208 Å². The van der Waals surface area contributed by atoms with Crippen molar-refractivity contribution in [1.29, 1.82) is 0 Å². The van der Waals surface area contributed by atoms with Crippen LogP contribution in [0.4, 0.5) is 32.2 Å². The number of hydrogen-bond donors (Lipinski definition) is 3. The fourth-order valence-electron chi connectivity index (χ4n) is 3.00. The van der Waals surface area contributed by atoms with Gasteiger partial charge in [0.05, 0.1) is 27.0 Å². The van der Waals surface area contributed by atoms with Crippen LogP contribution in [0.15, 0.2) is 52.4 Å². The van der Waals surface area contributed by atoms with E-state index in [9.17, 15) is 31.5 Å². The summed E-state index contributed by atoms with van der Waals surface area (Å²) < 4.78 is 80.4. The number of benzene rings is 2. The van der Waals surface area contributed by atoms with Gasteiger partial charge < -0.3 is 5.32 Å². The molecule has 188 valence electrons. The summed E-state index contributed by atoms with van der Waals surface area (Å²) >= 11 is 11.5. The molecular weight excluding hydrogens is 543 g/mol. The van der Waals surface area contributed by atoms with E-state index < -0.39 is 55.5 Å². The molecule has 35 heavy (non-hydrogen) atoms. The molecule has 0 aliphatic carbocycles. The molecule has 0 saturated carbocycles. The second-order valence-electron chi connectivity index (χ2n) is 6.78. The number of alkyl halides is 6. The summed E-state index contributed by atoms with van der Waals surface area (Å²) in [5, 5.41) is 15.2. The van der Waals surface area contributed by atoms with Gasteiger partial charge in [0.15, 0.2) is 5.84 Å². The number of amidine groups is 1. The van der Waals surface area contributed by atoms with Crippen molar-refractivity contribution in [3.05, 3.63) is 69.3 Å². The normalized spacial score (nSPS) is 12.7. The van der Waals surface area contributed by atoms with E-state index in [4.69, 9.17) is 23.2 Å². The lowest BCUT2D eigenvalue weighted by Gasteiger charge is -2.15. The SMILES string of the molecule is CNc1c(SC(F)(F)F)c(C(=NCc2ccccc2)NO)nn1-c1c(Cl)cc(C(F)(F)F)cc1Cl. The molecule has 0 fully saturated rings. The van der Waals surface area contributed by atoms with Crippen molar-refractivity contribution in [2.75, 3.05) is 12.4 Å². The summed E-state index contributed by atoms with van der Waals surface area (Å²) in [5.74, 6) is -0.719. The minimum absolute atomic E-state index is 0.0244. The lowest BCUT2D eigenvalue weighted by Crippen LogP contribution is -2.22. The highest BCUT2D eigenvalue weighted by Gasteiger charge is 2.37. The molecule has 0 unspecified atom stereocenters. The number of halogens is 8. The number of thioether (sulfide) groups is 1. The smallest absolute Gasteiger partial charge is 0.372 e. The zero-order chi connectivity index (χ0) is 26.0. The molecule has 3 N–H and O–H groups in total. The molecule has 0 radical (unpaired) electrons. The van der Waals surface area contributed by atoms with Crippen LogP contribution in [-0.4, -0.2) is 33.4 Å². The number of aromatic nitrogens is 2. The molecular formula is C20H15Cl2F6N5OS. The van der Waals surface area contributed by atoms with Crippen molar-refractivity contribution in [1.82, 2.24) is 15.3 Å². The Morgan fingerprint density at radius 3 is 2.17 bits per heavy atom. The highest BCUT2D eigenvalue weighted by Crippen LogP contribution is 2.45. The topological polar surface area (TPSA) is 74.5 Å². The maximum atomic E-state index is 13.4. The number of rotatable bonds is 6. The number of aliphatic imine (C=N–C) groups is 1. The quantitative estimate of drug-likeness (QED) is 0.102. The molecule has 3 aromatic rings. The zero-order valence-electron chi connectivity index (χ0n) is 17.5. The Morgan fingerprint density at radius 1 is 1.09 bits per heavy atom. The summed E-state index contributed by atoms with van der Waals surface area (Å²) in [6.45, 7) is -0.0244.